The first-order valence-electron chi connectivity index (χ1n) is 6.90. The summed E-state index contributed by atoms with van der Waals surface area (Å²) in [6.45, 7) is 4.43. The second kappa shape index (κ2) is 4.96. The molecular weight excluding hydrogens is 232 g/mol. The Balaban J connectivity index is 1.77. The van der Waals surface area contributed by atoms with E-state index >= 15 is 0 Å². The summed E-state index contributed by atoms with van der Waals surface area (Å²) in [5.41, 5.74) is 10.7. The first-order chi connectivity index (χ1) is 9.24. The van der Waals surface area contributed by atoms with E-state index in [1.807, 2.05) is 12.1 Å². The van der Waals surface area contributed by atoms with Crippen LogP contribution in [0, 0.1) is 6.92 Å². The second-order valence-corrected chi connectivity index (χ2v) is 5.38. The van der Waals surface area contributed by atoms with Gasteiger partial charge in [-0.05, 0) is 42.7 Å². The smallest absolute Gasteiger partial charge is 0.0396 e. The van der Waals surface area contributed by atoms with E-state index in [0.717, 1.165) is 18.8 Å². The van der Waals surface area contributed by atoms with Crippen molar-refractivity contribution in [2.45, 2.75) is 19.3 Å². The molecule has 3 rings (SSSR count). The first-order valence-corrected chi connectivity index (χ1v) is 6.90. The quantitative estimate of drug-likeness (QED) is 0.828. The zero-order chi connectivity index (χ0) is 13.2. The number of hydrogen-bond donors (Lipinski definition) is 1. The van der Waals surface area contributed by atoms with E-state index in [9.17, 15) is 0 Å². The molecule has 1 unspecified atom stereocenters. The Labute approximate surface area is 114 Å². The highest BCUT2D eigenvalue weighted by Gasteiger charge is 2.24. The zero-order valence-corrected chi connectivity index (χ0v) is 11.3. The van der Waals surface area contributed by atoms with Gasteiger partial charge >= 0.3 is 0 Å². The Kier molecular flexibility index (Phi) is 3.16. The average molecular weight is 252 g/mol. The van der Waals surface area contributed by atoms with Gasteiger partial charge in [-0.25, -0.2) is 0 Å². The van der Waals surface area contributed by atoms with Crippen LogP contribution in [0.5, 0.6) is 0 Å². The lowest BCUT2D eigenvalue weighted by molar-refractivity contribution is 0.775. The third kappa shape index (κ3) is 2.43. The number of nitrogens with two attached hydrogens (primary N) is 1. The van der Waals surface area contributed by atoms with Crippen LogP contribution in [0.1, 0.15) is 23.5 Å². The summed E-state index contributed by atoms with van der Waals surface area (Å²) in [5.74, 6) is 0.625. The lowest BCUT2D eigenvalue weighted by Crippen LogP contribution is -2.20. The highest BCUT2D eigenvalue weighted by Crippen LogP contribution is 2.32. The van der Waals surface area contributed by atoms with Gasteiger partial charge in [0.15, 0.2) is 0 Å². The molecule has 0 spiro atoms. The monoisotopic (exact) mass is 252 g/mol. The Morgan fingerprint density at radius 3 is 2.53 bits per heavy atom. The first kappa shape index (κ1) is 12.1. The molecule has 2 aromatic rings. The maximum Gasteiger partial charge on any atom is 0.0396 e. The van der Waals surface area contributed by atoms with Crippen molar-refractivity contribution in [3.05, 3.63) is 59.7 Å². The Morgan fingerprint density at radius 1 is 1.05 bits per heavy atom. The number of hydrogen-bond acceptors (Lipinski definition) is 2. The Bertz CT molecular complexity index is 560. The topological polar surface area (TPSA) is 29.3 Å². The molecule has 2 N–H and O–H groups in total. The molecule has 0 radical (unpaired) electrons. The molecule has 1 aliphatic heterocycles. The van der Waals surface area contributed by atoms with Crippen molar-refractivity contribution in [3.8, 4) is 0 Å². The van der Waals surface area contributed by atoms with Gasteiger partial charge in [0.2, 0.25) is 0 Å². The number of nitrogens with zero attached hydrogens (tertiary/aromatic N) is 1. The summed E-state index contributed by atoms with van der Waals surface area (Å²) in [4.78, 5) is 2.50. The Morgan fingerprint density at radius 2 is 1.79 bits per heavy atom. The Hall–Kier alpha value is -1.96. The van der Waals surface area contributed by atoms with Crippen LogP contribution >= 0.6 is 0 Å². The second-order valence-electron chi connectivity index (χ2n) is 5.38. The molecular formula is C17H20N2. The maximum atomic E-state index is 5.75. The molecule has 2 nitrogen and oxygen atoms in total. The van der Waals surface area contributed by atoms with Gasteiger partial charge < -0.3 is 10.6 Å². The van der Waals surface area contributed by atoms with E-state index in [4.69, 9.17) is 5.73 Å². The van der Waals surface area contributed by atoms with Crippen LogP contribution in [0.25, 0.3) is 0 Å². The van der Waals surface area contributed by atoms with E-state index < -0.39 is 0 Å². The summed E-state index contributed by atoms with van der Waals surface area (Å²) in [6, 6.07) is 17.0. The van der Waals surface area contributed by atoms with Gasteiger partial charge in [0, 0.05) is 30.4 Å². The van der Waals surface area contributed by atoms with Crippen LogP contribution in [0.15, 0.2) is 48.5 Å². The summed E-state index contributed by atoms with van der Waals surface area (Å²) in [6.07, 6.45) is 1.22. The van der Waals surface area contributed by atoms with Crippen molar-refractivity contribution in [2.24, 2.45) is 0 Å². The molecule has 0 bridgehead atoms. The lowest BCUT2D eigenvalue weighted by atomic mass is 9.98. The maximum absolute atomic E-state index is 5.75. The predicted molar refractivity (Wildman–Crippen MR) is 81.6 cm³/mol. The van der Waals surface area contributed by atoms with E-state index in [1.54, 1.807) is 0 Å². The number of nitrogen functional groups attached to an aromatic ring is 1. The molecule has 98 valence electrons. The minimum Gasteiger partial charge on any atom is -0.399 e. The van der Waals surface area contributed by atoms with Gasteiger partial charge in [-0.1, -0.05) is 30.3 Å². The molecule has 0 amide bonds. The standard InChI is InChI=1S/C17H20N2/c1-13-4-2-3-5-17(13)19-11-10-15(12-19)14-6-8-16(18)9-7-14/h2-9,15H,10-12,18H2,1H3. The molecule has 1 atom stereocenters. The van der Waals surface area contributed by atoms with Gasteiger partial charge in [0.1, 0.15) is 0 Å². The van der Waals surface area contributed by atoms with Crippen LogP contribution in [0.3, 0.4) is 0 Å². The molecule has 19 heavy (non-hydrogen) atoms. The summed E-state index contributed by atoms with van der Waals surface area (Å²) in [5, 5.41) is 0. The average Bonchev–Trinajstić information content (AvgIpc) is 2.89. The molecule has 2 aromatic carbocycles. The number of aryl methyl sites for hydroxylation is 1. The van der Waals surface area contributed by atoms with Crippen LogP contribution in [0.4, 0.5) is 11.4 Å². The number of anilines is 2. The normalized spacial score (nSPS) is 18.8. The predicted octanol–water partition coefficient (Wildman–Crippen LogP) is 3.57. The van der Waals surface area contributed by atoms with Crippen molar-refractivity contribution >= 4 is 11.4 Å². The lowest BCUT2D eigenvalue weighted by Gasteiger charge is -2.21. The van der Waals surface area contributed by atoms with Crippen molar-refractivity contribution in [3.63, 3.8) is 0 Å². The fraction of sp³-hybridized carbons (Fsp3) is 0.294. The van der Waals surface area contributed by atoms with Crippen LogP contribution in [0.2, 0.25) is 0 Å². The van der Waals surface area contributed by atoms with E-state index in [2.05, 4.69) is 48.2 Å². The molecule has 2 heteroatoms. The molecule has 1 heterocycles. The van der Waals surface area contributed by atoms with E-state index in [0.29, 0.717) is 5.92 Å². The van der Waals surface area contributed by atoms with Crippen molar-refractivity contribution in [1.82, 2.24) is 0 Å². The SMILES string of the molecule is Cc1ccccc1N1CCC(c2ccc(N)cc2)C1. The van der Waals surface area contributed by atoms with Crippen LogP contribution < -0.4 is 10.6 Å². The summed E-state index contributed by atoms with van der Waals surface area (Å²) < 4.78 is 0. The molecule has 1 fully saturated rings. The highest BCUT2D eigenvalue weighted by atomic mass is 15.2. The number of para-hydroxylation sites is 1. The van der Waals surface area contributed by atoms with Crippen molar-refractivity contribution < 1.29 is 0 Å². The van der Waals surface area contributed by atoms with Gasteiger partial charge in [-0.3, -0.25) is 0 Å². The molecule has 0 aromatic heterocycles. The van der Waals surface area contributed by atoms with Crippen molar-refractivity contribution in [2.75, 3.05) is 23.7 Å². The van der Waals surface area contributed by atoms with Gasteiger partial charge in [-0.15, -0.1) is 0 Å². The third-order valence-electron chi connectivity index (χ3n) is 4.05. The molecule has 0 aliphatic carbocycles. The third-order valence-corrected chi connectivity index (χ3v) is 4.05. The fourth-order valence-electron chi connectivity index (χ4n) is 2.94. The van der Waals surface area contributed by atoms with Crippen LogP contribution in [-0.4, -0.2) is 13.1 Å². The number of rotatable bonds is 2. The summed E-state index contributed by atoms with van der Waals surface area (Å²) in [7, 11) is 0. The summed E-state index contributed by atoms with van der Waals surface area (Å²) >= 11 is 0. The molecule has 1 saturated heterocycles. The van der Waals surface area contributed by atoms with E-state index in [-0.39, 0.29) is 0 Å². The van der Waals surface area contributed by atoms with Gasteiger partial charge in [0.25, 0.3) is 0 Å². The van der Waals surface area contributed by atoms with E-state index in [1.165, 1.54) is 23.2 Å². The zero-order valence-electron chi connectivity index (χ0n) is 11.3. The van der Waals surface area contributed by atoms with Gasteiger partial charge in [0.05, 0.1) is 0 Å². The van der Waals surface area contributed by atoms with Crippen LogP contribution in [-0.2, 0) is 0 Å². The highest BCUT2D eigenvalue weighted by molar-refractivity contribution is 5.54. The molecule has 1 aliphatic rings. The van der Waals surface area contributed by atoms with Gasteiger partial charge in [-0.2, -0.15) is 0 Å². The van der Waals surface area contributed by atoms with Crippen molar-refractivity contribution in [1.29, 1.82) is 0 Å². The largest absolute Gasteiger partial charge is 0.399 e. The molecule has 0 saturated carbocycles. The minimum atomic E-state index is 0.625. The number of benzene rings is 2. The fourth-order valence-corrected chi connectivity index (χ4v) is 2.94. The minimum absolute atomic E-state index is 0.625.